The van der Waals surface area contributed by atoms with Crippen LogP contribution in [0.2, 0.25) is 0 Å². The molecule has 0 bridgehead atoms. The molecule has 0 fully saturated rings. The second-order valence-electron chi connectivity index (χ2n) is 1.35. The number of carbonyl (C=O) groups is 2. The maximum absolute atomic E-state index is 10.2. The summed E-state index contributed by atoms with van der Waals surface area (Å²) in [7, 11) is 0. The first-order chi connectivity index (χ1) is 4.16. The molecule has 0 aliphatic heterocycles. The van der Waals surface area contributed by atoms with Gasteiger partial charge in [-0.15, -0.1) is 0 Å². The Morgan fingerprint density at radius 2 is 2.00 bits per heavy atom. The first-order valence-electron chi connectivity index (χ1n) is 2.33. The largest absolute Gasteiger partial charge is 1.00 e. The van der Waals surface area contributed by atoms with Gasteiger partial charge in [0.15, 0.2) is 0 Å². The van der Waals surface area contributed by atoms with Crippen molar-refractivity contribution < 1.29 is 44.3 Å². The molecule has 0 saturated carbocycles. The number of amides is 1. The Morgan fingerprint density at radius 1 is 1.50 bits per heavy atom. The summed E-state index contributed by atoms with van der Waals surface area (Å²) in [5.41, 5.74) is 4.83. The van der Waals surface area contributed by atoms with Gasteiger partial charge in [0, 0.05) is 0 Å². The maximum atomic E-state index is 10.2. The monoisotopic (exact) mass is 154 g/mol. The summed E-state index contributed by atoms with van der Waals surface area (Å²) in [6.45, 7) is -0.677. The van der Waals surface area contributed by atoms with Crippen LogP contribution in [0, 0.1) is 0 Å². The second kappa shape index (κ2) is 7.01. The van der Waals surface area contributed by atoms with Crippen LogP contribution in [0.4, 0.5) is 0 Å². The first kappa shape index (κ1) is 12.6. The number of carboxylic acids is 1. The number of aliphatic carboxylic acids is 1. The Labute approximate surface area is 80.3 Å². The normalized spacial score (nSPS) is 7.70. The zero-order valence-corrected chi connectivity index (χ0v) is 7.72. The fourth-order valence-electron chi connectivity index (χ4n) is 0.243. The number of nitrogens with one attached hydrogen (secondary N) is 1. The van der Waals surface area contributed by atoms with Gasteiger partial charge in [0.2, 0.25) is 5.91 Å². The molecule has 0 unspecified atom stereocenters. The van der Waals surface area contributed by atoms with Crippen molar-refractivity contribution in [3.63, 3.8) is 0 Å². The maximum Gasteiger partial charge on any atom is 1.00 e. The van der Waals surface area contributed by atoms with Gasteiger partial charge in [-0.05, 0) is 0 Å². The van der Waals surface area contributed by atoms with Crippen molar-refractivity contribution in [3.05, 3.63) is 0 Å². The zero-order valence-electron chi connectivity index (χ0n) is 5.72. The van der Waals surface area contributed by atoms with Crippen molar-refractivity contribution in [2.75, 3.05) is 13.1 Å². The molecular formula is C4H7N2NaO3. The Hall–Kier alpha value is -0.100. The summed E-state index contributed by atoms with van der Waals surface area (Å²) in [6, 6.07) is 0. The van der Waals surface area contributed by atoms with Crippen LogP contribution < -0.4 is 45.7 Å². The summed E-state index contributed by atoms with van der Waals surface area (Å²) >= 11 is 0. The van der Waals surface area contributed by atoms with Gasteiger partial charge in [0.25, 0.3) is 0 Å². The van der Waals surface area contributed by atoms with E-state index in [4.69, 9.17) is 5.73 Å². The van der Waals surface area contributed by atoms with E-state index < -0.39 is 18.4 Å². The topological polar surface area (TPSA) is 95.2 Å². The van der Waals surface area contributed by atoms with Crippen LogP contribution in [0.1, 0.15) is 0 Å². The number of hydrogen-bond donors (Lipinski definition) is 2. The number of rotatable bonds is 3. The summed E-state index contributed by atoms with van der Waals surface area (Å²) in [5, 5.41) is 11.7. The second-order valence-corrected chi connectivity index (χ2v) is 1.35. The van der Waals surface area contributed by atoms with Gasteiger partial charge >= 0.3 is 29.6 Å². The fraction of sp³-hybridized carbons (Fsp3) is 0.500. The molecular weight excluding hydrogens is 147 g/mol. The van der Waals surface area contributed by atoms with E-state index in [1.807, 2.05) is 5.32 Å². The standard InChI is InChI=1S/C4H8N2O3.Na/c5-1-3(7)6-2-4(8)9;/h1-2,5H2,(H,6,7)(H,8,9);/q;+1/p-1. The Kier molecular flexibility index (Phi) is 8.81. The Bertz CT molecular complexity index is 128. The van der Waals surface area contributed by atoms with E-state index in [9.17, 15) is 14.7 Å². The van der Waals surface area contributed by atoms with Gasteiger partial charge in [0.05, 0.1) is 19.1 Å². The Morgan fingerprint density at radius 3 is 2.30 bits per heavy atom. The van der Waals surface area contributed by atoms with E-state index in [0.717, 1.165) is 0 Å². The van der Waals surface area contributed by atoms with E-state index in [0.29, 0.717) is 0 Å². The van der Waals surface area contributed by atoms with Crippen LogP contribution in [0.5, 0.6) is 0 Å². The summed E-state index contributed by atoms with van der Waals surface area (Å²) in [4.78, 5) is 19.8. The smallest absolute Gasteiger partial charge is 0.548 e. The molecule has 0 saturated heterocycles. The van der Waals surface area contributed by atoms with Crippen molar-refractivity contribution in [1.29, 1.82) is 0 Å². The summed E-state index contributed by atoms with van der Waals surface area (Å²) in [5.74, 6) is -1.82. The number of carbonyl (C=O) groups excluding carboxylic acids is 2. The van der Waals surface area contributed by atoms with Gasteiger partial charge < -0.3 is 21.0 Å². The SMILES string of the molecule is NCC(=O)NCC(=O)[O-].[Na+]. The molecule has 3 N–H and O–H groups in total. The number of nitrogens with two attached hydrogens (primary N) is 1. The van der Waals surface area contributed by atoms with Crippen molar-refractivity contribution in [1.82, 2.24) is 5.32 Å². The molecule has 10 heavy (non-hydrogen) atoms. The molecule has 0 aromatic rings. The average molecular weight is 154 g/mol. The average Bonchev–Trinajstić information content (AvgIpc) is 1.83. The van der Waals surface area contributed by atoms with E-state index in [2.05, 4.69) is 0 Å². The summed E-state index contributed by atoms with van der Waals surface area (Å²) < 4.78 is 0. The predicted octanol–water partition coefficient (Wildman–Crippen LogP) is -6.18. The summed E-state index contributed by atoms with van der Waals surface area (Å²) in [6.07, 6.45) is 0. The predicted molar refractivity (Wildman–Crippen MR) is 27.1 cm³/mol. The minimum atomic E-state index is -1.32. The van der Waals surface area contributed by atoms with Crippen LogP contribution in [-0.2, 0) is 9.59 Å². The minimum Gasteiger partial charge on any atom is -0.548 e. The molecule has 0 atom stereocenters. The molecule has 0 aliphatic rings. The molecule has 52 valence electrons. The van der Waals surface area contributed by atoms with Gasteiger partial charge in [-0.1, -0.05) is 0 Å². The molecule has 5 nitrogen and oxygen atoms in total. The van der Waals surface area contributed by atoms with Crippen molar-refractivity contribution in [2.45, 2.75) is 0 Å². The van der Waals surface area contributed by atoms with Crippen molar-refractivity contribution >= 4 is 11.9 Å². The van der Waals surface area contributed by atoms with E-state index in [1.54, 1.807) is 0 Å². The van der Waals surface area contributed by atoms with Gasteiger partial charge in [-0.3, -0.25) is 4.79 Å². The third kappa shape index (κ3) is 7.90. The first-order valence-corrected chi connectivity index (χ1v) is 2.33. The van der Waals surface area contributed by atoms with E-state index >= 15 is 0 Å². The molecule has 0 heterocycles. The minimum absolute atomic E-state index is 0. The molecule has 0 aromatic carbocycles. The molecule has 6 heteroatoms. The molecule has 1 amide bonds. The van der Waals surface area contributed by atoms with Crippen LogP contribution in [0.25, 0.3) is 0 Å². The zero-order chi connectivity index (χ0) is 7.28. The molecule has 0 aromatic heterocycles. The molecule has 0 radical (unpaired) electrons. The number of hydrogen-bond acceptors (Lipinski definition) is 4. The Balaban J connectivity index is 0. The fourth-order valence-corrected chi connectivity index (χ4v) is 0.243. The quantitative estimate of drug-likeness (QED) is 0.395. The van der Waals surface area contributed by atoms with Crippen molar-refractivity contribution in [3.8, 4) is 0 Å². The van der Waals surface area contributed by atoms with Gasteiger partial charge in [-0.25, -0.2) is 0 Å². The van der Waals surface area contributed by atoms with E-state index in [-0.39, 0.29) is 36.1 Å². The molecule has 0 spiro atoms. The van der Waals surface area contributed by atoms with Crippen LogP contribution in [-0.4, -0.2) is 25.0 Å². The third-order valence-corrected chi connectivity index (χ3v) is 0.615. The number of carboxylic acid groups (broad SMARTS) is 1. The third-order valence-electron chi connectivity index (χ3n) is 0.615. The van der Waals surface area contributed by atoms with Gasteiger partial charge in [0.1, 0.15) is 0 Å². The molecule has 0 aliphatic carbocycles. The van der Waals surface area contributed by atoms with Crippen molar-refractivity contribution in [2.24, 2.45) is 5.73 Å². The van der Waals surface area contributed by atoms with Crippen LogP contribution in [0.15, 0.2) is 0 Å². The van der Waals surface area contributed by atoms with Gasteiger partial charge in [-0.2, -0.15) is 0 Å². The molecule has 0 rings (SSSR count). The van der Waals surface area contributed by atoms with E-state index in [1.165, 1.54) is 0 Å². The van der Waals surface area contributed by atoms with Crippen LogP contribution >= 0.6 is 0 Å². The van der Waals surface area contributed by atoms with Crippen LogP contribution in [0.3, 0.4) is 0 Å².